The zero-order valence-corrected chi connectivity index (χ0v) is 18.1. The van der Waals surface area contributed by atoms with Gasteiger partial charge in [0.15, 0.2) is 5.78 Å². The lowest BCUT2D eigenvalue weighted by Gasteiger charge is -2.37. The lowest BCUT2D eigenvalue weighted by Crippen LogP contribution is -2.51. The van der Waals surface area contributed by atoms with Crippen molar-refractivity contribution in [3.8, 4) is 5.75 Å². The van der Waals surface area contributed by atoms with Gasteiger partial charge in [-0.15, -0.1) is 0 Å². The van der Waals surface area contributed by atoms with Gasteiger partial charge in [-0.1, -0.05) is 6.92 Å². The Balaban J connectivity index is 1.46. The van der Waals surface area contributed by atoms with E-state index in [1.54, 1.807) is 31.2 Å². The molecular weight excluding hydrogens is 404 g/mol. The van der Waals surface area contributed by atoms with E-state index in [0.29, 0.717) is 17.7 Å². The number of epoxide rings is 1. The molecule has 2 unspecified atom stereocenters. The van der Waals surface area contributed by atoms with Gasteiger partial charge in [0.25, 0.3) is 0 Å². The Morgan fingerprint density at radius 2 is 1.81 bits per heavy atom. The molecule has 2 aliphatic rings. The lowest BCUT2D eigenvalue weighted by molar-refractivity contribution is -0.170. The Bertz CT molecular complexity index is 761. The topological polar surface area (TPSA) is 126 Å². The minimum absolute atomic E-state index is 0.00909. The van der Waals surface area contributed by atoms with Gasteiger partial charge >= 0.3 is 0 Å². The molecule has 3 rings (SSSR count). The smallest absolute Gasteiger partial charge is 0.170 e. The highest BCUT2D eigenvalue weighted by atomic mass is 16.6. The number of ether oxygens (including phenoxy) is 3. The number of rotatable bonds is 10. The first-order valence-electron chi connectivity index (χ1n) is 10.7. The molecule has 0 aromatic heterocycles. The van der Waals surface area contributed by atoms with Crippen LogP contribution in [0, 0.1) is 11.8 Å². The first-order valence-corrected chi connectivity index (χ1v) is 10.7. The molecule has 0 saturated carbocycles. The minimum Gasteiger partial charge on any atom is -0.497 e. The molecule has 3 N–H and O–H groups in total. The fourth-order valence-electron chi connectivity index (χ4n) is 4.07. The van der Waals surface area contributed by atoms with Crippen LogP contribution in [-0.2, 0) is 14.3 Å². The molecule has 0 bridgehead atoms. The van der Waals surface area contributed by atoms with Gasteiger partial charge in [-0.3, -0.25) is 9.59 Å². The van der Waals surface area contributed by atoms with Crippen molar-refractivity contribution in [3.63, 3.8) is 0 Å². The predicted molar refractivity (Wildman–Crippen MR) is 111 cm³/mol. The fraction of sp³-hybridized carbons (Fsp3) is 0.652. The Kier molecular flexibility index (Phi) is 7.82. The van der Waals surface area contributed by atoms with Gasteiger partial charge in [0.05, 0.1) is 50.7 Å². The molecule has 2 heterocycles. The number of Topliss-reactive ketones (excluding diaryl/α,β-unsaturated/α-hetero) is 2. The summed E-state index contributed by atoms with van der Waals surface area (Å²) in [6, 6.07) is 6.50. The Morgan fingerprint density at radius 3 is 2.42 bits per heavy atom. The molecule has 2 saturated heterocycles. The van der Waals surface area contributed by atoms with Crippen LogP contribution in [0.4, 0.5) is 0 Å². The average Bonchev–Trinajstić information content (AvgIpc) is 3.51. The molecule has 0 spiro atoms. The van der Waals surface area contributed by atoms with E-state index in [1.165, 1.54) is 7.11 Å². The van der Waals surface area contributed by atoms with E-state index in [0.717, 1.165) is 0 Å². The SMILES string of the molecule is COc1ccc(C(=O)CC(=O)C[C@@H]2OC[C@H](CC3OC3[C@@H](C)[C@H](C)O)[C@@H](O)[C@H]2O)cc1. The van der Waals surface area contributed by atoms with Crippen LogP contribution in [0.3, 0.4) is 0 Å². The maximum atomic E-state index is 12.4. The zero-order chi connectivity index (χ0) is 22.7. The fourth-order valence-corrected chi connectivity index (χ4v) is 4.07. The second-order valence-electron chi connectivity index (χ2n) is 8.66. The van der Waals surface area contributed by atoms with Gasteiger partial charge in [-0.05, 0) is 37.6 Å². The molecule has 1 aromatic rings. The molecule has 8 atom stereocenters. The van der Waals surface area contributed by atoms with Crippen molar-refractivity contribution >= 4 is 11.6 Å². The van der Waals surface area contributed by atoms with Crippen molar-refractivity contribution in [2.75, 3.05) is 13.7 Å². The third-order valence-corrected chi connectivity index (χ3v) is 6.37. The summed E-state index contributed by atoms with van der Waals surface area (Å²) in [5, 5.41) is 30.6. The number of carbonyl (C=O) groups excluding carboxylic acids is 2. The molecule has 2 aliphatic heterocycles. The zero-order valence-electron chi connectivity index (χ0n) is 18.1. The summed E-state index contributed by atoms with van der Waals surface area (Å²) in [5.74, 6) is -0.385. The number of aliphatic hydroxyl groups is 3. The summed E-state index contributed by atoms with van der Waals surface area (Å²) in [6.45, 7) is 3.82. The highest BCUT2D eigenvalue weighted by Crippen LogP contribution is 2.38. The van der Waals surface area contributed by atoms with E-state index in [4.69, 9.17) is 14.2 Å². The first kappa shape index (κ1) is 23.8. The van der Waals surface area contributed by atoms with E-state index in [-0.39, 0.29) is 55.1 Å². The number of hydrogen-bond acceptors (Lipinski definition) is 8. The third-order valence-electron chi connectivity index (χ3n) is 6.37. The monoisotopic (exact) mass is 436 g/mol. The number of benzene rings is 1. The average molecular weight is 437 g/mol. The highest BCUT2D eigenvalue weighted by Gasteiger charge is 2.48. The minimum atomic E-state index is -1.22. The number of methoxy groups -OCH3 is 1. The van der Waals surface area contributed by atoms with Crippen molar-refractivity contribution in [1.29, 1.82) is 0 Å². The normalized spacial score (nSPS) is 32.2. The summed E-state index contributed by atoms with van der Waals surface area (Å²) in [7, 11) is 1.53. The summed E-state index contributed by atoms with van der Waals surface area (Å²) >= 11 is 0. The molecule has 8 nitrogen and oxygen atoms in total. The molecule has 2 fully saturated rings. The standard InChI is InChI=1S/C23H32O8/c1-12(13(2)24)23-20(31-23)8-15-11-30-19(22(28)21(15)27)10-16(25)9-18(26)14-4-6-17(29-3)7-5-14/h4-7,12-13,15,19-24,27-28H,8-11H2,1-3H3/t12-,13-,15-,19-,20?,21+,22-,23?/m0/s1. The summed E-state index contributed by atoms with van der Waals surface area (Å²) in [6.07, 6.45) is -3.68. The van der Waals surface area contributed by atoms with Crippen LogP contribution in [0.15, 0.2) is 24.3 Å². The van der Waals surface area contributed by atoms with Gasteiger partial charge in [-0.2, -0.15) is 0 Å². The van der Waals surface area contributed by atoms with Crippen molar-refractivity contribution < 1.29 is 39.1 Å². The molecule has 0 amide bonds. The Hall–Kier alpha value is -1.84. The van der Waals surface area contributed by atoms with Crippen LogP contribution in [0.25, 0.3) is 0 Å². The van der Waals surface area contributed by atoms with Crippen LogP contribution in [-0.4, -0.2) is 77.2 Å². The van der Waals surface area contributed by atoms with Crippen molar-refractivity contribution in [1.82, 2.24) is 0 Å². The van der Waals surface area contributed by atoms with Gasteiger partial charge < -0.3 is 29.5 Å². The van der Waals surface area contributed by atoms with Crippen LogP contribution < -0.4 is 4.74 Å². The van der Waals surface area contributed by atoms with Crippen LogP contribution >= 0.6 is 0 Å². The van der Waals surface area contributed by atoms with Gasteiger partial charge in [0.2, 0.25) is 0 Å². The van der Waals surface area contributed by atoms with Crippen LogP contribution in [0.1, 0.15) is 43.5 Å². The number of aliphatic hydroxyl groups excluding tert-OH is 3. The van der Waals surface area contributed by atoms with E-state index in [1.807, 2.05) is 6.92 Å². The van der Waals surface area contributed by atoms with Crippen molar-refractivity contribution in [2.24, 2.45) is 11.8 Å². The quantitative estimate of drug-likeness (QED) is 0.283. The van der Waals surface area contributed by atoms with Gasteiger partial charge in [-0.25, -0.2) is 0 Å². The second kappa shape index (κ2) is 10.2. The maximum absolute atomic E-state index is 12.4. The van der Waals surface area contributed by atoms with Crippen molar-refractivity contribution in [2.45, 2.75) is 69.7 Å². The predicted octanol–water partition coefficient (Wildman–Crippen LogP) is 1.14. The summed E-state index contributed by atoms with van der Waals surface area (Å²) in [4.78, 5) is 24.7. The molecule has 172 valence electrons. The second-order valence-corrected chi connectivity index (χ2v) is 8.66. The van der Waals surface area contributed by atoms with E-state index >= 15 is 0 Å². The van der Waals surface area contributed by atoms with E-state index < -0.39 is 24.4 Å². The Labute approximate surface area is 182 Å². The number of carbonyl (C=O) groups is 2. The maximum Gasteiger partial charge on any atom is 0.170 e. The highest BCUT2D eigenvalue weighted by molar-refractivity contribution is 6.08. The van der Waals surface area contributed by atoms with Crippen molar-refractivity contribution in [3.05, 3.63) is 29.8 Å². The molecule has 0 aliphatic carbocycles. The molecule has 31 heavy (non-hydrogen) atoms. The van der Waals surface area contributed by atoms with Gasteiger partial charge in [0.1, 0.15) is 17.6 Å². The van der Waals surface area contributed by atoms with Gasteiger partial charge in [0, 0.05) is 23.8 Å². The van der Waals surface area contributed by atoms with E-state index in [2.05, 4.69) is 0 Å². The summed E-state index contributed by atoms with van der Waals surface area (Å²) in [5.41, 5.74) is 0.407. The first-order chi connectivity index (χ1) is 14.7. The molecule has 1 aromatic carbocycles. The number of hydrogen-bond donors (Lipinski definition) is 3. The molecule has 0 radical (unpaired) electrons. The lowest BCUT2D eigenvalue weighted by atomic mass is 9.85. The molecular formula is C23H32O8. The van der Waals surface area contributed by atoms with Crippen LogP contribution in [0.2, 0.25) is 0 Å². The largest absolute Gasteiger partial charge is 0.497 e. The van der Waals surface area contributed by atoms with E-state index in [9.17, 15) is 24.9 Å². The number of ketones is 2. The van der Waals surface area contributed by atoms with Crippen LogP contribution in [0.5, 0.6) is 5.75 Å². The third kappa shape index (κ3) is 5.90. The molecule has 8 heteroatoms. The summed E-state index contributed by atoms with van der Waals surface area (Å²) < 4.78 is 16.3. The Morgan fingerprint density at radius 1 is 1.13 bits per heavy atom.